The van der Waals surface area contributed by atoms with Crippen molar-refractivity contribution < 1.29 is 23.5 Å². The Hall–Kier alpha value is -4.24. The van der Waals surface area contributed by atoms with E-state index >= 15 is 0 Å². The summed E-state index contributed by atoms with van der Waals surface area (Å²) in [5.74, 6) is -1.62. The fourth-order valence-corrected chi connectivity index (χ4v) is 5.10. The molecular weight excluding hydrogens is 556 g/mol. The van der Waals surface area contributed by atoms with E-state index in [1.54, 1.807) is 42.9 Å². The summed E-state index contributed by atoms with van der Waals surface area (Å²) in [5, 5.41) is 12.4. The van der Waals surface area contributed by atoms with Gasteiger partial charge in [0.2, 0.25) is 0 Å². The van der Waals surface area contributed by atoms with Crippen LogP contribution in [0.25, 0.3) is 11.6 Å². The number of nitrogens with one attached hydrogen (secondary N) is 1. The summed E-state index contributed by atoms with van der Waals surface area (Å²) in [6, 6.07) is 17.0. The lowest BCUT2D eigenvalue weighted by Gasteiger charge is -2.17. The Labute approximate surface area is 248 Å². The van der Waals surface area contributed by atoms with Crippen LogP contribution in [-0.4, -0.2) is 44.6 Å². The third kappa shape index (κ3) is 8.39. The van der Waals surface area contributed by atoms with Gasteiger partial charge in [-0.15, -0.1) is 0 Å². The Morgan fingerprint density at radius 1 is 1.02 bits per heavy atom. The van der Waals surface area contributed by atoms with E-state index in [4.69, 9.17) is 0 Å². The third-order valence-electron chi connectivity index (χ3n) is 7.03. The number of carbonyl (C=O) groups excluding carboxylic acids is 1. The van der Waals surface area contributed by atoms with Crippen LogP contribution in [0.4, 0.5) is 8.78 Å². The lowest BCUT2D eigenvalue weighted by atomic mass is 9.94. The molecule has 0 saturated heterocycles. The standard InChI is InChI=1S/C33H33F2N3O3S/c1-38-21-36-20-29(38)19-26(24-9-13-28(35)14-10-24)17-23-4-8-25(7-3-22-5-11-27(34)12-6-22)30(18-23)32(39)37-31(33(40)41)15-16-42-2/h4-6,8-14,17-18,20-21,31H,3,7,15-16,19H2,1-2H3,(H,37,39)(H,40,41)/t31-/m0/s1. The smallest absolute Gasteiger partial charge is 0.326 e. The van der Waals surface area contributed by atoms with Crippen molar-refractivity contribution in [3.05, 3.63) is 124 Å². The van der Waals surface area contributed by atoms with Crippen LogP contribution < -0.4 is 5.32 Å². The molecule has 0 radical (unpaired) electrons. The van der Waals surface area contributed by atoms with E-state index in [9.17, 15) is 23.5 Å². The van der Waals surface area contributed by atoms with Crippen molar-refractivity contribution in [2.75, 3.05) is 12.0 Å². The molecule has 0 aliphatic rings. The molecule has 0 unspecified atom stereocenters. The predicted octanol–water partition coefficient (Wildman–Crippen LogP) is 6.20. The van der Waals surface area contributed by atoms with E-state index in [1.807, 2.05) is 36.1 Å². The number of carbonyl (C=O) groups is 2. The van der Waals surface area contributed by atoms with Gasteiger partial charge in [0.1, 0.15) is 17.7 Å². The number of halogens is 2. The first-order valence-electron chi connectivity index (χ1n) is 13.5. The van der Waals surface area contributed by atoms with Gasteiger partial charge in [0.15, 0.2) is 0 Å². The minimum Gasteiger partial charge on any atom is -0.480 e. The molecule has 2 N–H and O–H groups in total. The number of carboxylic acid groups (broad SMARTS) is 1. The molecule has 0 aliphatic carbocycles. The number of thioether (sulfide) groups is 1. The second-order valence-corrected chi connectivity index (χ2v) is 11.0. The van der Waals surface area contributed by atoms with E-state index in [1.165, 1.54) is 36.0 Å². The van der Waals surface area contributed by atoms with Crippen molar-refractivity contribution in [2.24, 2.45) is 7.05 Å². The van der Waals surface area contributed by atoms with Gasteiger partial charge >= 0.3 is 5.97 Å². The summed E-state index contributed by atoms with van der Waals surface area (Å²) < 4.78 is 29.0. The maximum absolute atomic E-state index is 13.7. The number of imidazole rings is 1. The molecule has 1 aromatic heterocycles. The number of rotatable bonds is 13. The summed E-state index contributed by atoms with van der Waals surface area (Å²) in [6.45, 7) is 0. The van der Waals surface area contributed by atoms with E-state index < -0.39 is 17.9 Å². The van der Waals surface area contributed by atoms with Gasteiger partial charge in [-0.1, -0.05) is 42.5 Å². The van der Waals surface area contributed by atoms with Gasteiger partial charge in [0.05, 0.1) is 6.33 Å². The summed E-state index contributed by atoms with van der Waals surface area (Å²) in [6.07, 6.45) is 9.21. The first-order valence-corrected chi connectivity index (χ1v) is 14.9. The van der Waals surface area contributed by atoms with Gasteiger partial charge in [0, 0.05) is 30.9 Å². The van der Waals surface area contributed by atoms with Gasteiger partial charge in [-0.2, -0.15) is 11.8 Å². The zero-order chi connectivity index (χ0) is 30.1. The molecule has 1 heterocycles. The highest BCUT2D eigenvalue weighted by Crippen LogP contribution is 2.25. The summed E-state index contributed by atoms with van der Waals surface area (Å²) in [5.41, 5.74) is 5.46. The average Bonchev–Trinajstić information content (AvgIpc) is 3.39. The number of benzene rings is 3. The lowest BCUT2D eigenvalue weighted by Crippen LogP contribution is -2.41. The van der Waals surface area contributed by atoms with Crippen molar-refractivity contribution in [2.45, 2.75) is 31.7 Å². The number of hydrogen-bond acceptors (Lipinski definition) is 4. The van der Waals surface area contributed by atoms with Gasteiger partial charge in [-0.3, -0.25) is 4.79 Å². The number of aliphatic carboxylic acids is 1. The fourth-order valence-electron chi connectivity index (χ4n) is 4.62. The highest BCUT2D eigenvalue weighted by molar-refractivity contribution is 7.98. The van der Waals surface area contributed by atoms with Crippen LogP contribution in [0.1, 0.15) is 44.7 Å². The van der Waals surface area contributed by atoms with Crippen molar-refractivity contribution in [1.82, 2.24) is 14.9 Å². The molecule has 0 fully saturated rings. The average molecular weight is 590 g/mol. The Morgan fingerprint density at radius 3 is 2.33 bits per heavy atom. The molecule has 9 heteroatoms. The van der Waals surface area contributed by atoms with Crippen LogP contribution in [-0.2, 0) is 31.1 Å². The van der Waals surface area contributed by atoms with Crippen LogP contribution in [0.15, 0.2) is 79.3 Å². The van der Waals surface area contributed by atoms with Crippen LogP contribution in [0.2, 0.25) is 0 Å². The van der Waals surface area contributed by atoms with Gasteiger partial charge in [-0.25, -0.2) is 18.6 Å². The number of amides is 1. The Morgan fingerprint density at radius 2 is 1.71 bits per heavy atom. The van der Waals surface area contributed by atoms with E-state index in [0.717, 1.165) is 33.5 Å². The Balaban J connectivity index is 1.71. The summed E-state index contributed by atoms with van der Waals surface area (Å²) >= 11 is 1.51. The molecule has 1 atom stereocenters. The van der Waals surface area contributed by atoms with Crippen LogP contribution in [0.5, 0.6) is 0 Å². The fraction of sp³-hybridized carbons (Fsp3) is 0.242. The molecule has 0 bridgehead atoms. The summed E-state index contributed by atoms with van der Waals surface area (Å²) in [7, 11) is 1.90. The van der Waals surface area contributed by atoms with Crippen molar-refractivity contribution >= 4 is 35.3 Å². The molecule has 3 aromatic carbocycles. The summed E-state index contributed by atoms with van der Waals surface area (Å²) in [4.78, 5) is 29.6. The van der Waals surface area contributed by atoms with Crippen LogP contribution in [0, 0.1) is 11.6 Å². The third-order valence-corrected chi connectivity index (χ3v) is 7.68. The monoisotopic (exact) mass is 589 g/mol. The second kappa shape index (κ2) is 14.6. The number of aromatic nitrogens is 2. The SMILES string of the molecule is CSCC[C@H](NC(=O)c1cc(C=C(Cc2cncn2C)c2ccc(F)cc2)ccc1CCc1ccc(F)cc1)C(=O)O. The highest BCUT2D eigenvalue weighted by atomic mass is 32.2. The molecule has 218 valence electrons. The largest absolute Gasteiger partial charge is 0.480 e. The van der Waals surface area contributed by atoms with Crippen molar-refractivity contribution in [3.63, 3.8) is 0 Å². The molecule has 0 saturated carbocycles. The molecule has 42 heavy (non-hydrogen) atoms. The number of allylic oxidation sites excluding steroid dienone is 1. The zero-order valence-electron chi connectivity index (χ0n) is 23.5. The lowest BCUT2D eigenvalue weighted by molar-refractivity contribution is -0.139. The molecule has 4 rings (SSSR count). The number of nitrogens with zero attached hydrogens (tertiary/aromatic N) is 2. The van der Waals surface area contributed by atoms with Crippen molar-refractivity contribution in [1.29, 1.82) is 0 Å². The normalized spacial score (nSPS) is 12.2. The topological polar surface area (TPSA) is 84.2 Å². The quantitative estimate of drug-likeness (QED) is 0.181. The molecule has 0 spiro atoms. The molecule has 6 nitrogen and oxygen atoms in total. The molecule has 1 amide bonds. The highest BCUT2D eigenvalue weighted by Gasteiger charge is 2.22. The van der Waals surface area contributed by atoms with Gasteiger partial charge in [0.25, 0.3) is 5.91 Å². The molecule has 4 aromatic rings. The first kappa shape index (κ1) is 30.7. The maximum Gasteiger partial charge on any atom is 0.326 e. The second-order valence-electron chi connectivity index (χ2n) is 10.0. The minimum absolute atomic E-state index is 0.298. The van der Waals surface area contributed by atoms with Crippen molar-refractivity contribution in [3.8, 4) is 0 Å². The molecule has 0 aliphatic heterocycles. The van der Waals surface area contributed by atoms with Crippen LogP contribution in [0.3, 0.4) is 0 Å². The minimum atomic E-state index is -1.09. The molecular formula is C33H33F2N3O3S. The number of carboxylic acids is 1. The van der Waals surface area contributed by atoms with Gasteiger partial charge < -0.3 is 15.0 Å². The maximum atomic E-state index is 13.7. The Bertz CT molecular complexity index is 1550. The van der Waals surface area contributed by atoms with E-state index in [2.05, 4.69) is 10.3 Å². The van der Waals surface area contributed by atoms with Crippen LogP contribution >= 0.6 is 11.8 Å². The van der Waals surface area contributed by atoms with Gasteiger partial charge in [-0.05, 0) is 89.4 Å². The number of hydrogen-bond donors (Lipinski definition) is 2. The van der Waals surface area contributed by atoms with E-state index in [0.29, 0.717) is 37.0 Å². The number of aryl methyl sites for hydroxylation is 3. The van der Waals surface area contributed by atoms with E-state index in [-0.39, 0.29) is 11.6 Å². The predicted molar refractivity (Wildman–Crippen MR) is 163 cm³/mol. The first-order chi connectivity index (χ1) is 20.2. The zero-order valence-corrected chi connectivity index (χ0v) is 24.3. The Kier molecular flexibility index (Phi) is 10.7.